The maximum absolute atomic E-state index is 12.1. The minimum atomic E-state index is -0.388. The maximum atomic E-state index is 12.1. The normalized spacial score (nSPS) is 11.4. The number of H-pyrrole nitrogens is 1. The van der Waals surface area contributed by atoms with Crippen LogP contribution >= 0.6 is 0 Å². The molecule has 1 aromatic carbocycles. The summed E-state index contributed by atoms with van der Waals surface area (Å²) in [6.45, 7) is 6.15. The third kappa shape index (κ3) is 4.03. The zero-order valence-corrected chi connectivity index (χ0v) is 14.4. The van der Waals surface area contributed by atoms with E-state index < -0.39 is 0 Å². The molecule has 0 aliphatic carbocycles. The van der Waals surface area contributed by atoms with Gasteiger partial charge < -0.3 is 4.42 Å². The van der Waals surface area contributed by atoms with Crippen LogP contribution < -0.4 is 5.43 Å². The highest BCUT2D eigenvalue weighted by Crippen LogP contribution is 2.20. The number of hydrogen-bond donors (Lipinski definition) is 2. The van der Waals surface area contributed by atoms with Gasteiger partial charge >= 0.3 is 0 Å². The molecule has 1 amide bonds. The Labute approximate surface area is 146 Å². The van der Waals surface area contributed by atoms with Crippen LogP contribution in [0.4, 0.5) is 0 Å². The Morgan fingerprint density at radius 1 is 1.24 bits per heavy atom. The highest BCUT2D eigenvalue weighted by atomic mass is 16.3. The summed E-state index contributed by atoms with van der Waals surface area (Å²) >= 11 is 0. The monoisotopic (exact) mass is 336 g/mol. The zero-order chi connectivity index (χ0) is 17.8. The van der Waals surface area contributed by atoms with E-state index in [0.29, 0.717) is 17.4 Å². The smallest absolute Gasteiger partial charge is 0.291 e. The molecule has 0 saturated carbocycles. The lowest BCUT2D eigenvalue weighted by Gasteiger charge is -2.04. The summed E-state index contributed by atoms with van der Waals surface area (Å²) in [6.07, 6.45) is 1.60. The number of nitrogens with zero attached hydrogens (tertiary/aromatic N) is 2. The van der Waals surface area contributed by atoms with E-state index in [1.54, 1.807) is 12.3 Å². The largest absolute Gasteiger partial charge is 0.460 e. The number of amides is 1. The first-order valence-corrected chi connectivity index (χ1v) is 8.08. The summed E-state index contributed by atoms with van der Waals surface area (Å²) in [4.78, 5) is 12.1. The van der Waals surface area contributed by atoms with Gasteiger partial charge in [-0.05, 0) is 36.1 Å². The van der Waals surface area contributed by atoms with Crippen molar-refractivity contribution >= 4 is 12.1 Å². The fraction of sp³-hybridized carbons (Fsp3) is 0.211. The Bertz CT molecular complexity index is 888. The van der Waals surface area contributed by atoms with Crippen molar-refractivity contribution in [2.45, 2.75) is 26.7 Å². The number of carbonyl (C=O) groups is 1. The van der Waals surface area contributed by atoms with Gasteiger partial charge in [-0.25, -0.2) is 5.43 Å². The van der Waals surface area contributed by atoms with Gasteiger partial charge in [0.25, 0.3) is 5.91 Å². The average Bonchev–Trinajstić information content (AvgIpc) is 3.24. The number of rotatable bonds is 5. The second-order valence-electron chi connectivity index (χ2n) is 6.10. The molecule has 2 N–H and O–H groups in total. The Morgan fingerprint density at radius 3 is 2.64 bits per heavy atom. The number of nitrogens with one attached hydrogen (secondary N) is 2. The second-order valence-corrected chi connectivity index (χ2v) is 6.10. The van der Waals surface area contributed by atoms with Crippen LogP contribution in [0.2, 0.25) is 0 Å². The van der Waals surface area contributed by atoms with Crippen molar-refractivity contribution < 1.29 is 9.21 Å². The molecule has 6 nitrogen and oxygen atoms in total. The van der Waals surface area contributed by atoms with Crippen LogP contribution in [-0.4, -0.2) is 22.3 Å². The molecule has 25 heavy (non-hydrogen) atoms. The summed E-state index contributed by atoms with van der Waals surface area (Å²) in [6, 6.07) is 13.3. The van der Waals surface area contributed by atoms with E-state index in [1.165, 1.54) is 5.56 Å². The van der Waals surface area contributed by atoms with Gasteiger partial charge in [0.1, 0.15) is 11.5 Å². The minimum Gasteiger partial charge on any atom is -0.460 e. The van der Waals surface area contributed by atoms with Gasteiger partial charge in [0, 0.05) is 6.07 Å². The lowest BCUT2D eigenvalue weighted by Crippen LogP contribution is -2.18. The van der Waals surface area contributed by atoms with E-state index in [2.05, 4.69) is 46.7 Å². The molecule has 2 heterocycles. The molecule has 0 aliphatic heterocycles. The molecule has 0 aliphatic rings. The third-order valence-corrected chi connectivity index (χ3v) is 3.80. The Hall–Kier alpha value is -3.15. The number of benzene rings is 1. The molecule has 0 unspecified atom stereocenters. The van der Waals surface area contributed by atoms with Crippen LogP contribution in [0.5, 0.6) is 0 Å². The number of furan rings is 1. The van der Waals surface area contributed by atoms with Crippen molar-refractivity contribution in [3.8, 4) is 11.5 Å². The molecule has 0 spiro atoms. The molecule has 6 heteroatoms. The minimum absolute atomic E-state index is 0.247. The molecule has 128 valence electrons. The lowest BCUT2D eigenvalue weighted by molar-refractivity contribution is 0.0950. The molecule has 0 atom stereocenters. The van der Waals surface area contributed by atoms with Gasteiger partial charge in [-0.3, -0.25) is 9.89 Å². The van der Waals surface area contributed by atoms with Gasteiger partial charge in [0.2, 0.25) is 0 Å². The predicted octanol–water partition coefficient (Wildman–Crippen LogP) is 3.87. The Morgan fingerprint density at radius 2 is 2.00 bits per heavy atom. The zero-order valence-electron chi connectivity index (χ0n) is 14.4. The first-order chi connectivity index (χ1) is 12.0. The fourth-order valence-corrected chi connectivity index (χ4v) is 2.33. The van der Waals surface area contributed by atoms with Crippen LogP contribution in [-0.2, 0) is 0 Å². The molecule has 0 fully saturated rings. The summed E-state index contributed by atoms with van der Waals surface area (Å²) < 4.78 is 5.50. The van der Waals surface area contributed by atoms with E-state index >= 15 is 0 Å². The SMILES string of the molecule is Cc1ccc(-c2cc(C(=O)NN=Cc3ccc(C(C)C)cc3)n[nH]2)o1. The van der Waals surface area contributed by atoms with Crippen LogP contribution in [0.25, 0.3) is 11.5 Å². The molecule has 0 bridgehead atoms. The molecular weight excluding hydrogens is 316 g/mol. The summed E-state index contributed by atoms with van der Waals surface area (Å²) in [5, 5.41) is 10.7. The Kier molecular flexibility index (Phi) is 4.79. The molecule has 2 aromatic heterocycles. The standard InChI is InChI=1S/C19H20N4O2/c1-12(2)15-7-5-14(6-8-15)11-20-23-19(24)17-10-16(21-22-17)18-9-4-13(3)25-18/h4-12H,1-3H3,(H,21,22)(H,23,24). The van der Waals surface area contributed by atoms with E-state index in [4.69, 9.17) is 4.42 Å². The molecule has 0 radical (unpaired) electrons. The number of carbonyl (C=O) groups excluding carboxylic acids is 1. The number of aromatic nitrogens is 2. The van der Waals surface area contributed by atoms with Gasteiger partial charge in [-0.15, -0.1) is 0 Å². The van der Waals surface area contributed by atoms with Crippen LogP contribution in [0.15, 0.2) is 52.0 Å². The number of hydrogen-bond acceptors (Lipinski definition) is 4. The van der Waals surface area contributed by atoms with E-state index in [0.717, 1.165) is 11.3 Å². The maximum Gasteiger partial charge on any atom is 0.291 e. The van der Waals surface area contributed by atoms with Crippen LogP contribution in [0.1, 0.15) is 47.1 Å². The van der Waals surface area contributed by atoms with Gasteiger partial charge in [0.05, 0.1) is 6.21 Å². The van der Waals surface area contributed by atoms with Crippen LogP contribution in [0.3, 0.4) is 0 Å². The topological polar surface area (TPSA) is 83.3 Å². The fourth-order valence-electron chi connectivity index (χ4n) is 2.33. The third-order valence-electron chi connectivity index (χ3n) is 3.80. The highest BCUT2D eigenvalue weighted by molar-refractivity contribution is 5.94. The quantitative estimate of drug-likeness (QED) is 0.548. The number of aromatic amines is 1. The van der Waals surface area contributed by atoms with Crippen molar-refractivity contribution in [3.63, 3.8) is 0 Å². The van der Waals surface area contributed by atoms with Crippen molar-refractivity contribution in [2.75, 3.05) is 0 Å². The van der Waals surface area contributed by atoms with Gasteiger partial charge in [-0.2, -0.15) is 10.2 Å². The number of hydrazone groups is 1. The summed E-state index contributed by atoms with van der Waals surface area (Å²) in [5.74, 6) is 1.53. The van der Waals surface area contributed by atoms with E-state index in [9.17, 15) is 4.79 Å². The van der Waals surface area contributed by atoms with Crippen molar-refractivity contribution in [2.24, 2.45) is 5.10 Å². The second kappa shape index (κ2) is 7.17. The summed E-state index contributed by atoms with van der Waals surface area (Å²) in [7, 11) is 0. The molecule has 0 saturated heterocycles. The number of aryl methyl sites for hydroxylation is 1. The lowest BCUT2D eigenvalue weighted by atomic mass is 10.0. The predicted molar refractivity (Wildman–Crippen MR) is 96.6 cm³/mol. The first kappa shape index (κ1) is 16.7. The average molecular weight is 336 g/mol. The van der Waals surface area contributed by atoms with E-state index in [-0.39, 0.29) is 11.6 Å². The molecular formula is C19H20N4O2. The van der Waals surface area contributed by atoms with Crippen LogP contribution in [0, 0.1) is 6.92 Å². The van der Waals surface area contributed by atoms with Crippen molar-refractivity contribution in [1.29, 1.82) is 0 Å². The van der Waals surface area contributed by atoms with Gasteiger partial charge in [-0.1, -0.05) is 38.1 Å². The van der Waals surface area contributed by atoms with Crippen molar-refractivity contribution in [3.05, 3.63) is 65.0 Å². The van der Waals surface area contributed by atoms with Gasteiger partial charge in [0.15, 0.2) is 11.5 Å². The van der Waals surface area contributed by atoms with E-state index in [1.807, 2.05) is 31.2 Å². The molecule has 3 aromatic rings. The van der Waals surface area contributed by atoms with Crippen molar-refractivity contribution in [1.82, 2.24) is 15.6 Å². The Balaban J connectivity index is 1.61. The summed E-state index contributed by atoms with van der Waals surface area (Å²) in [5.41, 5.74) is 5.54. The first-order valence-electron chi connectivity index (χ1n) is 8.08. The molecule has 3 rings (SSSR count). The highest BCUT2D eigenvalue weighted by Gasteiger charge is 2.12.